The molecule has 1 N–H and O–H groups in total. The monoisotopic (exact) mass is 180 g/mol. The Morgan fingerprint density at radius 2 is 2.46 bits per heavy atom. The van der Waals surface area contributed by atoms with E-state index in [1.54, 1.807) is 18.6 Å². The van der Waals surface area contributed by atoms with Crippen molar-refractivity contribution in [3.8, 4) is 0 Å². The van der Waals surface area contributed by atoms with E-state index in [1.807, 2.05) is 13.8 Å². The molecule has 0 unspecified atom stereocenters. The highest BCUT2D eigenvalue weighted by atomic mass is 16.3. The minimum atomic E-state index is -0.0975. The predicted octanol–water partition coefficient (Wildman–Crippen LogP) is 1.39. The molecule has 0 spiro atoms. The van der Waals surface area contributed by atoms with Crippen LogP contribution in [0, 0.1) is 5.92 Å². The Bertz CT molecular complexity index is 289. The summed E-state index contributed by atoms with van der Waals surface area (Å²) in [7, 11) is 0. The molecule has 0 radical (unpaired) electrons. The van der Waals surface area contributed by atoms with Gasteiger partial charge in [-0.25, -0.2) is 5.43 Å². The average molecular weight is 180 g/mol. The van der Waals surface area contributed by atoms with Gasteiger partial charge in [-0.15, -0.1) is 0 Å². The van der Waals surface area contributed by atoms with Gasteiger partial charge in [0.2, 0.25) is 5.91 Å². The minimum Gasteiger partial charge on any atom is -0.472 e. The second-order valence-corrected chi connectivity index (χ2v) is 2.95. The van der Waals surface area contributed by atoms with E-state index in [0.717, 1.165) is 5.56 Å². The maximum absolute atomic E-state index is 11.0. The molecule has 1 aromatic heterocycles. The number of hydrogen-bond donors (Lipinski definition) is 1. The Hall–Kier alpha value is -1.58. The molecule has 0 aliphatic carbocycles. The molecule has 1 rings (SSSR count). The zero-order valence-corrected chi connectivity index (χ0v) is 7.65. The van der Waals surface area contributed by atoms with Gasteiger partial charge in [-0.05, 0) is 6.07 Å². The molecule has 0 aliphatic heterocycles. The second kappa shape index (κ2) is 4.45. The molecular weight excluding hydrogens is 168 g/mol. The molecule has 4 nitrogen and oxygen atoms in total. The first-order chi connectivity index (χ1) is 6.20. The summed E-state index contributed by atoms with van der Waals surface area (Å²) in [5.74, 6) is -0.152. The Kier molecular flexibility index (Phi) is 3.25. The summed E-state index contributed by atoms with van der Waals surface area (Å²) in [6, 6.07) is 1.75. The van der Waals surface area contributed by atoms with E-state index in [1.165, 1.54) is 6.21 Å². The number of rotatable bonds is 3. The Balaban J connectivity index is 2.39. The molecule has 0 bridgehead atoms. The molecule has 0 fully saturated rings. The van der Waals surface area contributed by atoms with E-state index in [-0.39, 0.29) is 11.8 Å². The van der Waals surface area contributed by atoms with Crippen molar-refractivity contribution < 1.29 is 9.21 Å². The fraction of sp³-hybridized carbons (Fsp3) is 0.333. The van der Waals surface area contributed by atoms with Crippen molar-refractivity contribution in [2.45, 2.75) is 13.8 Å². The zero-order chi connectivity index (χ0) is 9.68. The summed E-state index contributed by atoms with van der Waals surface area (Å²) in [5, 5.41) is 3.75. The Morgan fingerprint density at radius 3 is 3.00 bits per heavy atom. The number of carbonyl (C=O) groups excluding carboxylic acids is 1. The molecule has 1 aromatic rings. The molecule has 13 heavy (non-hydrogen) atoms. The molecule has 0 atom stereocenters. The summed E-state index contributed by atoms with van der Waals surface area (Å²) in [5.41, 5.74) is 3.23. The minimum absolute atomic E-state index is 0.0542. The third kappa shape index (κ3) is 3.11. The van der Waals surface area contributed by atoms with Gasteiger partial charge >= 0.3 is 0 Å². The van der Waals surface area contributed by atoms with Crippen LogP contribution in [0.15, 0.2) is 28.1 Å². The van der Waals surface area contributed by atoms with Crippen LogP contribution in [0.3, 0.4) is 0 Å². The first kappa shape index (κ1) is 9.51. The lowest BCUT2D eigenvalue weighted by molar-refractivity contribution is -0.123. The highest BCUT2D eigenvalue weighted by Crippen LogP contribution is 1.95. The van der Waals surface area contributed by atoms with Gasteiger partial charge in [-0.3, -0.25) is 4.79 Å². The van der Waals surface area contributed by atoms with Crippen molar-refractivity contribution in [2.75, 3.05) is 0 Å². The van der Waals surface area contributed by atoms with E-state index in [4.69, 9.17) is 4.42 Å². The number of amides is 1. The molecule has 0 saturated carbocycles. The van der Waals surface area contributed by atoms with Crippen LogP contribution in [0.1, 0.15) is 19.4 Å². The number of nitrogens with zero attached hydrogens (tertiary/aromatic N) is 1. The third-order valence-electron chi connectivity index (χ3n) is 1.46. The lowest BCUT2D eigenvalue weighted by Crippen LogP contribution is -2.22. The van der Waals surface area contributed by atoms with Gasteiger partial charge in [0.05, 0.1) is 18.7 Å². The summed E-state index contributed by atoms with van der Waals surface area (Å²) in [6.07, 6.45) is 4.63. The summed E-state index contributed by atoms with van der Waals surface area (Å²) in [4.78, 5) is 11.0. The van der Waals surface area contributed by atoms with Gasteiger partial charge in [0, 0.05) is 11.5 Å². The van der Waals surface area contributed by atoms with Crippen molar-refractivity contribution >= 4 is 12.1 Å². The smallest absolute Gasteiger partial charge is 0.242 e. The van der Waals surface area contributed by atoms with Crippen LogP contribution in [0.5, 0.6) is 0 Å². The SMILES string of the molecule is CC(C)C(=O)N/N=C/c1ccoc1. The highest BCUT2D eigenvalue weighted by molar-refractivity contribution is 5.82. The van der Waals surface area contributed by atoms with Crippen molar-refractivity contribution in [3.63, 3.8) is 0 Å². The van der Waals surface area contributed by atoms with Gasteiger partial charge in [0.1, 0.15) is 0 Å². The van der Waals surface area contributed by atoms with Gasteiger partial charge in [-0.2, -0.15) is 5.10 Å². The van der Waals surface area contributed by atoms with Crippen LogP contribution in [-0.4, -0.2) is 12.1 Å². The quantitative estimate of drug-likeness (QED) is 0.564. The average Bonchev–Trinajstić information content (AvgIpc) is 2.56. The largest absolute Gasteiger partial charge is 0.472 e. The molecule has 0 aliphatic rings. The van der Waals surface area contributed by atoms with Crippen LogP contribution in [0.4, 0.5) is 0 Å². The molecule has 0 saturated heterocycles. The summed E-state index contributed by atoms with van der Waals surface area (Å²) in [6.45, 7) is 3.62. The van der Waals surface area contributed by atoms with E-state index >= 15 is 0 Å². The first-order valence-corrected chi connectivity index (χ1v) is 4.05. The first-order valence-electron chi connectivity index (χ1n) is 4.05. The maximum Gasteiger partial charge on any atom is 0.242 e. The topological polar surface area (TPSA) is 54.6 Å². The highest BCUT2D eigenvalue weighted by Gasteiger charge is 2.03. The lowest BCUT2D eigenvalue weighted by Gasteiger charge is -2.00. The lowest BCUT2D eigenvalue weighted by atomic mass is 10.2. The van der Waals surface area contributed by atoms with Crippen molar-refractivity contribution in [1.82, 2.24) is 5.43 Å². The van der Waals surface area contributed by atoms with E-state index < -0.39 is 0 Å². The second-order valence-electron chi connectivity index (χ2n) is 2.95. The Morgan fingerprint density at radius 1 is 1.69 bits per heavy atom. The van der Waals surface area contributed by atoms with Crippen molar-refractivity contribution in [3.05, 3.63) is 24.2 Å². The predicted molar refractivity (Wildman–Crippen MR) is 49.3 cm³/mol. The van der Waals surface area contributed by atoms with Gasteiger partial charge in [0.25, 0.3) is 0 Å². The number of nitrogens with one attached hydrogen (secondary N) is 1. The van der Waals surface area contributed by atoms with Gasteiger partial charge in [-0.1, -0.05) is 13.8 Å². The standard InChI is InChI=1S/C9H12N2O2/c1-7(2)9(12)11-10-5-8-3-4-13-6-8/h3-7H,1-2H3,(H,11,12)/b10-5+. The van der Waals surface area contributed by atoms with Crippen LogP contribution < -0.4 is 5.43 Å². The fourth-order valence-corrected chi connectivity index (χ4v) is 0.648. The fourth-order valence-electron chi connectivity index (χ4n) is 0.648. The number of furan rings is 1. The Labute approximate surface area is 76.6 Å². The van der Waals surface area contributed by atoms with Crippen molar-refractivity contribution in [1.29, 1.82) is 0 Å². The maximum atomic E-state index is 11.0. The number of hydrogen-bond acceptors (Lipinski definition) is 3. The van der Waals surface area contributed by atoms with E-state index in [0.29, 0.717) is 0 Å². The summed E-state index contributed by atoms with van der Waals surface area (Å²) < 4.78 is 4.82. The van der Waals surface area contributed by atoms with E-state index in [9.17, 15) is 4.79 Å². The van der Waals surface area contributed by atoms with Crippen LogP contribution in [-0.2, 0) is 4.79 Å². The zero-order valence-electron chi connectivity index (χ0n) is 7.65. The number of carbonyl (C=O) groups is 1. The molecule has 1 amide bonds. The van der Waals surface area contributed by atoms with Crippen LogP contribution in [0.2, 0.25) is 0 Å². The van der Waals surface area contributed by atoms with Gasteiger partial charge < -0.3 is 4.42 Å². The van der Waals surface area contributed by atoms with Gasteiger partial charge in [0.15, 0.2) is 0 Å². The third-order valence-corrected chi connectivity index (χ3v) is 1.46. The number of hydrazone groups is 1. The van der Waals surface area contributed by atoms with Crippen LogP contribution in [0.25, 0.3) is 0 Å². The molecule has 70 valence electrons. The molecule has 1 heterocycles. The van der Waals surface area contributed by atoms with Crippen LogP contribution >= 0.6 is 0 Å². The molecule has 0 aromatic carbocycles. The molecule has 4 heteroatoms. The molecular formula is C9H12N2O2. The van der Waals surface area contributed by atoms with Crippen molar-refractivity contribution in [2.24, 2.45) is 11.0 Å². The van der Waals surface area contributed by atoms with E-state index in [2.05, 4.69) is 10.5 Å². The normalized spacial score (nSPS) is 11.0. The summed E-state index contributed by atoms with van der Waals surface area (Å²) >= 11 is 0.